The highest BCUT2D eigenvalue weighted by Gasteiger charge is 2.22. The first-order valence-electron chi connectivity index (χ1n) is 7.77. The van der Waals surface area contributed by atoms with Crippen molar-refractivity contribution in [3.63, 3.8) is 0 Å². The molecule has 1 N–H and O–H groups in total. The molecule has 1 aromatic carbocycles. The maximum atomic E-state index is 6.26. The monoisotopic (exact) mass is 295 g/mol. The molecular formula is C17H26ClNO. The molecule has 2 nitrogen and oxygen atoms in total. The van der Waals surface area contributed by atoms with E-state index in [9.17, 15) is 0 Å². The van der Waals surface area contributed by atoms with Gasteiger partial charge in [-0.25, -0.2) is 0 Å². The normalized spacial score (nSPS) is 24.4. The van der Waals surface area contributed by atoms with Gasteiger partial charge in [-0.05, 0) is 63.8 Å². The number of halogens is 1. The number of hydrogen-bond acceptors (Lipinski definition) is 2. The molecule has 1 aliphatic carbocycles. The topological polar surface area (TPSA) is 21.3 Å². The molecule has 3 heteroatoms. The molecule has 2 rings (SSSR count). The van der Waals surface area contributed by atoms with E-state index in [1.54, 1.807) is 0 Å². The third-order valence-corrected chi connectivity index (χ3v) is 4.77. The minimum Gasteiger partial charge on any atom is -0.490 e. The van der Waals surface area contributed by atoms with Crippen LogP contribution in [0.1, 0.15) is 57.6 Å². The second-order valence-electron chi connectivity index (χ2n) is 5.86. The molecule has 0 aliphatic heterocycles. The summed E-state index contributed by atoms with van der Waals surface area (Å²) in [4.78, 5) is 0. The van der Waals surface area contributed by atoms with Crippen LogP contribution in [0, 0.1) is 5.92 Å². The minimum atomic E-state index is 0.246. The second kappa shape index (κ2) is 7.33. The quantitative estimate of drug-likeness (QED) is 0.828. The molecule has 1 atom stereocenters. The SMILES string of the molecule is CCC1CCC(Oc2ccc(Cl)cc2C(C)NC)CC1. The third kappa shape index (κ3) is 3.89. The molecule has 0 bridgehead atoms. The summed E-state index contributed by atoms with van der Waals surface area (Å²) in [5.74, 6) is 1.88. The molecule has 20 heavy (non-hydrogen) atoms. The van der Waals surface area contributed by atoms with Gasteiger partial charge in [0.1, 0.15) is 5.75 Å². The van der Waals surface area contributed by atoms with Crippen LogP contribution in [0.15, 0.2) is 18.2 Å². The summed E-state index contributed by atoms with van der Waals surface area (Å²) in [5.41, 5.74) is 1.15. The van der Waals surface area contributed by atoms with Crippen LogP contribution in [0.3, 0.4) is 0 Å². The van der Waals surface area contributed by atoms with Gasteiger partial charge >= 0.3 is 0 Å². The first-order valence-corrected chi connectivity index (χ1v) is 8.15. The van der Waals surface area contributed by atoms with Gasteiger partial charge in [0.25, 0.3) is 0 Å². The van der Waals surface area contributed by atoms with Crippen molar-refractivity contribution < 1.29 is 4.74 Å². The van der Waals surface area contributed by atoms with Crippen LogP contribution in [0.2, 0.25) is 5.02 Å². The summed E-state index contributed by atoms with van der Waals surface area (Å²) in [6.07, 6.45) is 6.61. The fourth-order valence-corrected chi connectivity index (χ4v) is 3.14. The molecule has 112 valence electrons. The molecule has 1 aromatic rings. The average Bonchev–Trinajstić information content (AvgIpc) is 2.49. The van der Waals surface area contributed by atoms with E-state index >= 15 is 0 Å². The zero-order valence-electron chi connectivity index (χ0n) is 12.8. The molecular weight excluding hydrogens is 270 g/mol. The van der Waals surface area contributed by atoms with Crippen LogP contribution in [0.4, 0.5) is 0 Å². The zero-order chi connectivity index (χ0) is 14.5. The van der Waals surface area contributed by atoms with Gasteiger partial charge in [-0.1, -0.05) is 24.9 Å². The van der Waals surface area contributed by atoms with Gasteiger partial charge in [-0.15, -0.1) is 0 Å². The van der Waals surface area contributed by atoms with Gasteiger partial charge < -0.3 is 10.1 Å². The molecule has 0 amide bonds. The van der Waals surface area contributed by atoms with Crippen molar-refractivity contribution >= 4 is 11.6 Å². The van der Waals surface area contributed by atoms with E-state index in [-0.39, 0.29) is 6.04 Å². The first-order chi connectivity index (χ1) is 9.63. The molecule has 0 saturated heterocycles. The zero-order valence-corrected chi connectivity index (χ0v) is 13.5. The van der Waals surface area contributed by atoms with Crippen molar-refractivity contribution in [3.8, 4) is 5.75 Å². The molecule has 1 saturated carbocycles. The maximum absolute atomic E-state index is 6.26. The third-order valence-electron chi connectivity index (χ3n) is 4.54. The predicted octanol–water partition coefficient (Wildman–Crippen LogP) is 4.97. The number of rotatable bonds is 5. The van der Waals surface area contributed by atoms with Crippen molar-refractivity contribution in [1.82, 2.24) is 5.32 Å². The Morgan fingerprint density at radius 1 is 1.30 bits per heavy atom. The molecule has 1 unspecified atom stereocenters. The Morgan fingerprint density at radius 2 is 2.00 bits per heavy atom. The molecule has 0 heterocycles. The van der Waals surface area contributed by atoms with E-state index in [1.165, 1.54) is 32.1 Å². The van der Waals surface area contributed by atoms with E-state index in [4.69, 9.17) is 16.3 Å². The van der Waals surface area contributed by atoms with Gasteiger partial charge in [0.2, 0.25) is 0 Å². The average molecular weight is 296 g/mol. The van der Waals surface area contributed by atoms with Gasteiger partial charge in [0.15, 0.2) is 0 Å². The lowest BCUT2D eigenvalue weighted by atomic mass is 9.86. The van der Waals surface area contributed by atoms with Crippen molar-refractivity contribution in [2.45, 2.75) is 58.1 Å². The fraction of sp³-hybridized carbons (Fsp3) is 0.647. The molecule has 1 aliphatic rings. The Balaban J connectivity index is 2.05. The molecule has 0 spiro atoms. The Morgan fingerprint density at radius 3 is 2.60 bits per heavy atom. The highest BCUT2D eigenvalue weighted by atomic mass is 35.5. The van der Waals surface area contributed by atoms with Gasteiger partial charge in [0.05, 0.1) is 6.10 Å². The standard InChI is InChI=1S/C17H26ClNO/c1-4-13-5-8-15(9-6-13)20-17-10-7-14(18)11-16(17)12(2)19-3/h7,10-13,15,19H,4-6,8-9H2,1-3H3. The van der Waals surface area contributed by atoms with Crippen LogP contribution in [0.25, 0.3) is 0 Å². The molecule has 0 aromatic heterocycles. The van der Waals surface area contributed by atoms with Crippen LogP contribution in [0.5, 0.6) is 5.75 Å². The number of nitrogens with one attached hydrogen (secondary N) is 1. The van der Waals surface area contributed by atoms with Gasteiger partial charge in [0, 0.05) is 16.6 Å². The van der Waals surface area contributed by atoms with Crippen molar-refractivity contribution in [3.05, 3.63) is 28.8 Å². The summed E-state index contributed by atoms with van der Waals surface area (Å²) in [6, 6.07) is 6.18. The largest absolute Gasteiger partial charge is 0.490 e. The lowest BCUT2D eigenvalue weighted by molar-refractivity contribution is 0.128. The molecule has 0 radical (unpaired) electrons. The minimum absolute atomic E-state index is 0.246. The summed E-state index contributed by atoms with van der Waals surface area (Å²) < 4.78 is 6.26. The second-order valence-corrected chi connectivity index (χ2v) is 6.30. The number of ether oxygens (including phenoxy) is 1. The van der Waals surface area contributed by atoms with Crippen LogP contribution < -0.4 is 10.1 Å². The highest BCUT2D eigenvalue weighted by Crippen LogP contribution is 2.33. The fourth-order valence-electron chi connectivity index (χ4n) is 2.96. The predicted molar refractivity (Wildman–Crippen MR) is 85.6 cm³/mol. The van der Waals surface area contributed by atoms with Crippen molar-refractivity contribution in [1.29, 1.82) is 0 Å². The van der Waals surface area contributed by atoms with Crippen LogP contribution in [-0.4, -0.2) is 13.2 Å². The molecule has 1 fully saturated rings. The van der Waals surface area contributed by atoms with Gasteiger partial charge in [-0.3, -0.25) is 0 Å². The summed E-state index contributed by atoms with van der Waals surface area (Å²) >= 11 is 6.12. The van der Waals surface area contributed by atoms with Crippen molar-refractivity contribution in [2.75, 3.05) is 7.05 Å². The van der Waals surface area contributed by atoms with Crippen LogP contribution >= 0.6 is 11.6 Å². The van der Waals surface area contributed by atoms with E-state index in [2.05, 4.69) is 19.2 Å². The maximum Gasteiger partial charge on any atom is 0.124 e. The Kier molecular flexibility index (Phi) is 5.74. The highest BCUT2D eigenvalue weighted by molar-refractivity contribution is 6.30. The lowest BCUT2D eigenvalue weighted by Crippen LogP contribution is -2.25. The van der Waals surface area contributed by atoms with E-state index in [0.717, 1.165) is 22.3 Å². The first kappa shape index (κ1) is 15.7. The lowest BCUT2D eigenvalue weighted by Gasteiger charge is -2.29. The van der Waals surface area contributed by atoms with E-state index in [0.29, 0.717) is 6.10 Å². The Labute approximate surface area is 127 Å². The Bertz CT molecular complexity index is 427. The van der Waals surface area contributed by atoms with Crippen molar-refractivity contribution in [2.24, 2.45) is 5.92 Å². The van der Waals surface area contributed by atoms with Crippen LogP contribution in [-0.2, 0) is 0 Å². The summed E-state index contributed by atoms with van der Waals surface area (Å²) in [6.45, 7) is 4.42. The number of benzene rings is 1. The van der Waals surface area contributed by atoms with Gasteiger partial charge in [-0.2, -0.15) is 0 Å². The Hall–Kier alpha value is -0.730. The summed E-state index contributed by atoms with van der Waals surface area (Å²) in [7, 11) is 1.96. The van der Waals surface area contributed by atoms with E-state index in [1.807, 2.05) is 25.2 Å². The summed E-state index contributed by atoms with van der Waals surface area (Å²) in [5, 5.41) is 4.03. The number of hydrogen-bond donors (Lipinski definition) is 1. The van der Waals surface area contributed by atoms with E-state index < -0.39 is 0 Å². The smallest absolute Gasteiger partial charge is 0.124 e.